The first-order valence-electron chi connectivity index (χ1n) is 6.99. The number of urea groups is 1. The highest BCUT2D eigenvalue weighted by Crippen LogP contribution is 2.18. The first-order chi connectivity index (χ1) is 10.3. The van der Waals surface area contributed by atoms with E-state index in [1.165, 1.54) is 0 Å². The molecule has 2 heterocycles. The molecule has 1 aromatic heterocycles. The molecule has 0 radical (unpaired) electrons. The van der Waals surface area contributed by atoms with Gasteiger partial charge in [0.05, 0.1) is 6.54 Å². The van der Waals surface area contributed by atoms with E-state index in [2.05, 4.69) is 10.3 Å². The third-order valence-corrected chi connectivity index (χ3v) is 3.41. The number of anilines is 1. The molecule has 0 spiro atoms. The predicted octanol–water partition coefficient (Wildman–Crippen LogP) is 2.77. The summed E-state index contributed by atoms with van der Waals surface area (Å²) in [5.74, 6) is 0.792. The zero-order valence-electron chi connectivity index (χ0n) is 11.6. The zero-order valence-corrected chi connectivity index (χ0v) is 11.6. The zero-order chi connectivity index (χ0) is 14.5. The van der Waals surface area contributed by atoms with Crippen LogP contribution < -0.4 is 10.1 Å². The van der Waals surface area contributed by atoms with Crippen LogP contribution in [0.25, 0.3) is 0 Å². The van der Waals surface area contributed by atoms with E-state index in [0.29, 0.717) is 13.1 Å². The third-order valence-electron chi connectivity index (χ3n) is 3.41. The van der Waals surface area contributed by atoms with Crippen LogP contribution in [0.2, 0.25) is 0 Å². The minimum atomic E-state index is -0.0815. The fourth-order valence-electron chi connectivity index (χ4n) is 2.34. The van der Waals surface area contributed by atoms with Gasteiger partial charge in [-0.25, -0.2) is 4.79 Å². The number of benzene rings is 1. The summed E-state index contributed by atoms with van der Waals surface area (Å²) >= 11 is 0. The first kappa shape index (κ1) is 13.4. The number of likely N-dealkylation sites (tertiary alicyclic amines) is 1. The average Bonchev–Trinajstić information content (AvgIpc) is 2.98. The highest BCUT2D eigenvalue weighted by Gasteiger charge is 2.27. The predicted molar refractivity (Wildman–Crippen MR) is 80.3 cm³/mol. The molecule has 1 aliphatic heterocycles. The van der Waals surface area contributed by atoms with Crippen LogP contribution in [0.15, 0.2) is 54.9 Å². The Labute approximate surface area is 123 Å². The summed E-state index contributed by atoms with van der Waals surface area (Å²) in [7, 11) is 0. The van der Waals surface area contributed by atoms with Gasteiger partial charge in [-0.05, 0) is 24.3 Å². The SMILES string of the molecule is O=C(Nc1ccccc1)N1CC[C@@H](Oc2ccncc2)C1. The Hall–Kier alpha value is -2.56. The van der Waals surface area contributed by atoms with E-state index in [0.717, 1.165) is 17.9 Å². The molecule has 21 heavy (non-hydrogen) atoms. The molecule has 0 unspecified atom stereocenters. The van der Waals surface area contributed by atoms with Crippen molar-refractivity contribution in [2.45, 2.75) is 12.5 Å². The Kier molecular flexibility index (Phi) is 4.00. The Morgan fingerprint density at radius 1 is 1.19 bits per heavy atom. The molecule has 1 aromatic carbocycles. The van der Waals surface area contributed by atoms with E-state index in [1.807, 2.05) is 42.5 Å². The molecule has 2 aromatic rings. The van der Waals surface area contributed by atoms with Crippen LogP contribution in [-0.4, -0.2) is 35.1 Å². The van der Waals surface area contributed by atoms with E-state index in [1.54, 1.807) is 17.3 Å². The van der Waals surface area contributed by atoms with Crippen LogP contribution in [0, 0.1) is 0 Å². The number of rotatable bonds is 3. The molecule has 5 nitrogen and oxygen atoms in total. The highest BCUT2D eigenvalue weighted by molar-refractivity contribution is 5.89. The molecule has 1 saturated heterocycles. The molecule has 0 saturated carbocycles. The second-order valence-corrected chi connectivity index (χ2v) is 4.95. The van der Waals surface area contributed by atoms with Gasteiger partial charge in [-0.15, -0.1) is 0 Å². The standard InChI is InChI=1S/C16H17N3O2/c20-16(18-13-4-2-1-3-5-13)19-11-8-15(12-19)21-14-6-9-17-10-7-14/h1-7,9-10,15H,8,11-12H2,(H,18,20)/t15-/m1/s1. The van der Waals surface area contributed by atoms with Crippen molar-refractivity contribution in [1.82, 2.24) is 9.88 Å². The maximum absolute atomic E-state index is 12.2. The fourth-order valence-corrected chi connectivity index (χ4v) is 2.34. The van der Waals surface area contributed by atoms with Crippen molar-refractivity contribution in [1.29, 1.82) is 0 Å². The summed E-state index contributed by atoms with van der Waals surface area (Å²) in [6.07, 6.45) is 4.27. The maximum Gasteiger partial charge on any atom is 0.321 e. The molecular formula is C16H17N3O2. The molecule has 108 valence electrons. The van der Waals surface area contributed by atoms with Crippen molar-refractivity contribution in [2.75, 3.05) is 18.4 Å². The number of para-hydroxylation sites is 1. The molecule has 5 heteroatoms. The van der Waals surface area contributed by atoms with Gasteiger partial charge >= 0.3 is 6.03 Å². The van der Waals surface area contributed by atoms with Gasteiger partial charge in [0.25, 0.3) is 0 Å². The Morgan fingerprint density at radius 2 is 1.95 bits per heavy atom. The smallest absolute Gasteiger partial charge is 0.321 e. The van der Waals surface area contributed by atoms with Gasteiger partial charge in [0.1, 0.15) is 11.9 Å². The molecule has 0 aliphatic carbocycles. The lowest BCUT2D eigenvalue weighted by Crippen LogP contribution is -2.34. The normalized spacial score (nSPS) is 17.5. The van der Waals surface area contributed by atoms with Crippen LogP contribution >= 0.6 is 0 Å². The lowest BCUT2D eigenvalue weighted by Gasteiger charge is -2.18. The van der Waals surface area contributed by atoms with Crippen LogP contribution in [0.3, 0.4) is 0 Å². The molecule has 1 N–H and O–H groups in total. The van der Waals surface area contributed by atoms with Crippen molar-refractivity contribution in [3.05, 3.63) is 54.9 Å². The van der Waals surface area contributed by atoms with Crippen LogP contribution in [0.4, 0.5) is 10.5 Å². The minimum Gasteiger partial charge on any atom is -0.488 e. The quantitative estimate of drug-likeness (QED) is 0.942. The summed E-state index contributed by atoms with van der Waals surface area (Å²) in [6.45, 7) is 1.30. The average molecular weight is 283 g/mol. The third kappa shape index (κ3) is 3.51. The van der Waals surface area contributed by atoms with Gasteiger partial charge in [-0.3, -0.25) is 4.98 Å². The largest absolute Gasteiger partial charge is 0.488 e. The van der Waals surface area contributed by atoms with E-state index >= 15 is 0 Å². The fraction of sp³-hybridized carbons (Fsp3) is 0.250. The van der Waals surface area contributed by atoms with Gasteiger partial charge in [-0.1, -0.05) is 18.2 Å². The van der Waals surface area contributed by atoms with Crippen molar-refractivity contribution in [3.63, 3.8) is 0 Å². The highest BCUT2D eigenvalue weighted by atomic mass is 16.5. The monoisotopic (exact) mass is 283 g/mol. The lowest BCUT2D eigenvalue weighted by molar-refractivity contribution is 0.194. The van der Waals surface area contributed by atoms with Crippen LogP contribution in [0.1, 0.15) is 6.42 Å². The first-order valence-corrected chi connectivity index (χ1v) is 6.99. The number of aromatic nitrogens is 1. The number of pyridine rings is 1. The summed E-state index contributed by atoms with van der Waals surface area (Å²) in [6, 6.07) is 13.0. The number of amides is 2. The molecule has 3 rings (SSSR count). The number of nitrogens with zero attached hydrogens (tertiary/aromatic N) is 2. The number of ether oxygens (including phenoxy) is 1. The van der Waals surface area contributed by atoms with Gasteiger partial charge in [-0.2, -0.15) is 0 Å². The number of nitrogens with one attached hydrogen (secondary N) is 1. The maximum atomic E-state index is 12.2. The summed E-state index contributed by atoms with van der Waals surface area (Å²) < 4.78 is 5.84. The topological polar surface area (TPSA) is 54.5 Å². The lowest BCUT2D eigenvalue weighted by atomic mass is 10.3. The van der Waals surface area contributed by atoms with Crippen molar-refractivity contribution in [3.8, 4) is 5.75 Å². The van der Waals surface area contributed by atoms with Crippen molar-refractivity contribution >= 4 is 11.7 Å². The Balaban J connectivity index is 1.53. The second-order valence-electron chi connectivity index (χ2n) is 4.95. The molecule has 1 fully saturated rings. The van der Waals surface area contributed by atoms with E-state index < -0.39 is 0 Å². The number of hydrogen-bond donors (Lipinski definition) is 1. The van der Waals surface area contributed by atoms with Gasteiger partial charge in [0.15, 0.2) is 0 Å². The van der Waals surface area contributed by atoms with E-state index in [9.17, 15) is 4.79 Å². The van der Waals surface area contributed by atoms with E-state index in [4.69, 9.17) is 4.74 Å². The molecule has 2 amide bonds. The molecule has 1 atom stereocenters. The van der Waals surface area contributed by atoms with Crippen molar-refractivity contribution in [2.24, 2.45) is 0 Å². The van der Waals surface area contributed by atoms with Crippen molar-refractivity contribution < 1.29 is 9.53 Å². The Bertz CT molecular complexity index is 589. The van der Waals surface area contributed by atoms with Crippen LogP contribution in [0.5, 0.6) is 5.75 Å². The summed E-state index contributed by atoms with van der Waals surface area (Å²) in [4.78, 5) is 17.9. The van der Waals surface area contributed by atoms with E-state index in [-0.39, 0.29) is 12.1 Å². The molecule has 0 bridgehead atoms. The van der Waals surface area contributed by atoms with Gasteiger partial charge in [0.2, 0.25) is 0 Å². The summed E-state index contributed by atoms with van der Waals surface area (Å²) in [5, 5.41) is 2.89. The number of carbonyl (C=O) groups excluding carboxylic acids is 1. The molecule has 1 aliphatic rings. The second kappa shape index (κ2) is 6.26. The van der Waals surface area contributed by atoms with Gasteiger partial charge < -0.3 is 15.0 Å². The summed E-state index contributed by atoms with van der Waals surface area (Å²) in [5.41, 5.74) is 0.806. The molecular weight excluding hydrogens is 266 g/mol. The minimum absolute atomic E-state index is 0.0360. The Morgan fingerprint density at radius 3 is 2.71 bits per heavy atom. The van der Waals surface area contributed by atoms with Crippen LogP contribution in [-0.2, 0) is 0 Å². The number of hydrogen-bond acceptors (Lipinski definition) is 3. The van der Waals surface area contributed by atoms with Gasteiger partial charge in [0, 0.05) is 31.0 Å². The number of carbonyl (C=O) groups is 1.